The number of carbonyl (C=O) groups is 1. The van der Waals surface area contributed by atoms with Crippen LogP contribution in [0.2, 0.25) is 0 Å². The van der Waals surface area contributed by atoms with Crippen molar-refractivity contribution in [3.8, 4) is 5.75 Å². The summed E-state index contributed by atoms with van der Waals surface area (Å²) < 4.78 is 30.8. The van der Waals surface area contributed by atoms with Crippen molar-refractivity contribution >= 4 is 17.5 Å². The number of amides is 1. The van der Waals surface area contributed by atoms with Gasteiger partial charge in [0.1, 0.15) is 17.7 Å². The SMILES string of the molecule is COc1cccc([C@H](C)NC[C@@H]2CN(c3ccc(N4CCOCC4)c(F)c3)C(=O)O2)c1. The van der Waals surface area contributed by atoms with Crippen LogP contribution in [-0.2, 0) is 9.47 Å². The highest BCUT2D eigenvalue weighted by molar-refractivity contribution is 5.90. The van der Waals surface area contributed by atoms with Gasteiger partial charge in [0.05, 0.1) is 38.2 Å². The van der Waals surface area contributed by atoms with Crippen molar-refractivity contribution in [2.75, 3.05) is 56.3 Å². The Labute approximate surface area is 181 Å². The maximum atomic E-state index is 14.7. The molecule has 31 heavy (non-hydrogen) atoms. The second-order valence-electron chi connectivity index (χ2n) is 7.76. The molecule has 0 aromatic heterocycles. The Bertz CT molecular complexity index is 919. The fraction of sp³-hybridized carbons (Fsp3) is 0.435. The first-order valence-electron chi connectivity index (χ1n) is 10.5. The van der Waals surface area contributed by atoms with Crippen LogP contribution in [-0.4, -0.2) is 58.7 Å². The minimum atomic E-state index is -0.459. The molecule has 0 unspecified atom stereocenters. The Morgan fingerprint density at radius 1 is 1.23 bits per heavy atom. The van der Waals surface area contributed by atoms with Crippen LogP contribution in [0.3, 0.4) is 0 Å². The van der Waals surface area contributed by atoms with Gasteiger partial charge in [-0.05, 0) is 42.8 Å². The van der Waals surface area contributed by atoms with E-state index in [0.717, 1.165) is 11.3 Å². The van der Waals surface area contributed by atoms with Crippen LogP contribution in [0, 0.1) is 5.82 Å². The van der Waals surface area contributed by atoms with Gasteiger partial charge in [-0.3, -0.25) is 4.90 Å². The maximum absolute atomic E-state index is 14.7. The molecule has 0 spiro atoms. The molecule has 0 bridgehead atoms. The summed E-state index contributed by atoms with van der Waals surface area (Å²) in [6, 6.07) is 12.8. The van der Waals surface area contributed by atoms with Gasteiger partial charge in [-0.15, -0.1) is 0 Å². The number of methoxy groups -OCH3 is 1. The first-order chi connectivity index (χ1) is 15.0. The number of morpholine rings is 1. The van der Waals surface area contributed by atoms with Crippen LogP contribution in [0.15, 0.2) is 42.5 Å². The number of rotatable bonds is 7. The van der Waals surface area contributed by atoms with E-state index >= 15 is 0 Å². The van der Waals surface area contributed by atoms with E-state index in [1.54, 1.807) is 19.2 Å². The average molecular weight is 429 g/mol. The van der Waals surface area contributed by atoms with Crippen molar-refractivity contribution in [2.24, 2.45) is 0 Å². The average Bonchev–Trinajstić information content (AvgIpc) is 3.18. The zero-order valence-corrected chi connectivity index (χ0v) is 17.8. The van der Waals surface area contributed by atoms with Crippen LogP contribution in [0.4, 0.5) is 20.6 Å². The van der Waals surface area contributed by atoms with Crippen molar-refractivity contribution in [3.05, 3.63) is 53.8 Å². The van der Waals surface area contributed by atoms with E-state index in [1.165, 1.54) is 11.0 Å². The second kappa shape index (κ2) is 9.53. The fourth-order valence-electron chi connectivity index (χ4n) is 3.90. The van der Waals surface area contributed by atoms with Crippen molar-refractivity contribution in [3.63, 3.8) is 0 Å². The van der Waals surface area contributed by atoms with Gasteiger partial charge < -0.3 is 24.4 Å². The summed E-state index contributed by atoms with van der Waals surface area (Å²) in [7, 11) is 1.64. The van der Waals surface area contributed by atoms with Gasteiger partial charge >= 0.3 is 6.09 Å². The molecule has 4 rings (SSSR count). The topological polar surface area (TPSA) is 63.3 Å². The lowest BCUT2D eigenvalue weighted by molar-refractivity contribution is 0.122. The van der Waals surface area contributed by atoms with Crippen LogP contribution >= 0.6 is 0 Å². The molecule has 2 aromatic rings. The third kappa shape index (κ3) is 4.91. The zero-order valence-electron chi connectivity index (χ0n) is 17.8. The minimum absolute atomic E-state index is 0.0631. The summed E-state index contributed by atoms with van der Waals surface area (Å²) in [6.45, 7) is 5.39. The van der Waals surface area contributed by atoms with Crippen LogP contribution < -0.4 is 19.9 Å². The van der Waals surface area contributed by atoms with E-state index < -0.39 is 6.09 Å². The van der Waals surface area contributed by atoms with Crippen molar-refractivity contribution in [1.29, 1.82) is 0 Å². The minimum Gasteiger partial charge on any atom is -0.497 e. The number of hydrogen-bond acceptors (Lipinski definition) is 6. The van der Waals surface area contributed by atoms with Crippen LogP contribution in [0.1, 0.15) is 18.5 Å². The molecule has 2 aromatic carbocycles. The summed E-state index contributed by atoms with van der Waals surface area (Å²) in [5.41, 5.74) is 2.12. The Hall–Kier alpha value is -2.84. The largest absolute Gasteiger partial charge is 0.497 e. The number of ether oxygens (including phenoxy) is 3. The monoisotopic (exact) mass is 429 g/mol. The predicted octanol–water partition coefficient (Wildman–Crippen LogP) is 3.35. The molecule has 0 radical (unpaired) electrons. The molecule has 166 valence electrons. The summed E-state index contributed by atoms with van der Waals surface area (Å²) in [4.78, 5) is 15.8. The van der Waals surface area contributed by atoms with Crippen molar-refractivity contribution in [2.45, 2.75) is 19.1 Å². The molecular weight excluding hydrogens is 401 g/mol. The van der Waals surface area contributed by atoms with Gasteiger partial charge in [-0.25, -0.2) is 9.18 Å². The fourth-order valence-corrected chi connectivity index (χ4v) is 3.90. The van der Waals surface area contributed by atoms with Crippen molar-refractivity contribution < 1.29 is 23.4 Å². The molecule has 1 N–H and O–H groups in total. The molecule has 7 nitrogen and oxygen atoms in total. The third-order valence-corrected chi connectivity index (χ3v) is 5.71. The first kappa shape index (κ1) is 21.4. The Balaban J connectivity index is 1.36. The number of hydrogen-bond donors (Lipinski definition) is 1. The second-order valence-corrected chi connectivity index (χ2v) is 7.76. The highest BCUT2D eigenvalue weighted by Gasteiger charge is 2.33. The Morgan fingerprint density at radius 2 is 2.03 bits per heavy atom. The lowest BCUT2D eigenvalue weighted by Crippen LogP contribution is -2.36. The van der Waals surface area contributed by atoms with Crippen LogP contribution in [0.5, 0.6) is 5.75 Å². The zero-order chi connectivity index (χ0) is 21.8. The van der Waals surface area contributed by atoms with Gasteiger partial charge in [0, 0.05) is 25.7 Å². The highest BCUT2D eigenvalue weighted by atomic mass is 19.1. The molecular formula is C23H28FN3O4. The quantitative estimate of drug-likeness (QED) is 0.728. The molecule has 0 aliphatic carbocycles. The molecule has 0 saturated carbocycles. The van der Waals surface area contributed by atoms with Gasteiger partial charge in [0.15, 0.2) is 0 Å². The van der Waals surface area contributed by atoms with Crippen molar-refractivity contribution in [1.82, 2.24) is 5.32 Å². The number of benzene rings is 2. The number of nitrogens with zero attached hydrogens (tertiary/aromatic N) is 2. The Morgan fingerprint density at radius 3 is 2.77 bits per heavy atom. The molecule has 2 aliphatic heterocycles. The van der Waals surface area contributed by atoms with Gasteiger partial charge in [-0.2, -0.15) is 0 Å². The summed E-state index contributed by atoms with van der Waals surface area (Å²) in [5, 5.41) is 3.40. The number of halogens is 1. The van der Waals surface area contributed by atoms with E-state index in [2.05, 4.69) is 5.32 Å². The number of carbonyl (C=O) groups excluding carboxylic acids is 1. The molecule has 2 fully saturated rings. The first-order valence-corrected chi connectivity index (χ1v) is 10.5. The number of nitrogens with one attached hydrogen (secondary N) is 1. The van der Waals surface area contributed by atoms with E-state index in [1.807, 2.05) is 36.1 Å². The normalized spacial score (nSPS) is 20.0. The van der Waals surface area contributed by atoms with E-state index in [-0.39, 0.29) is 18.0 Å². The number of anilines is 2. The predicted molar refractivity (Wildman–Crippen MR) is 116 cm³/mol. The summed E-state index contributed by atoms with van der Waals surface area (Å²) in [6.07, 6.45) is -0.776. The molecule has 2 saturated heterocycles. The molecule has 1 amide bonds. The molecule has 2 heterocycles. The van der Waals surface area contributed by atoms with Gasteiger partial charge in [-0.1, -0.05) is 12.1 Å². The molecule has 8 heteroatoms. The standard InChI is InChI=1S/C23H28FN3O4/c1-16(17-4-3-5-19(12-17)29-2)25-14-20-15-27(23(28)31-20)18-6-7-22(21(24)13-18)26-8-10-30-11-9-26/h3-7,12-13,16,20,25H,8-11,14-15H2,1-2H3/t16-,20+/m0/s1. The molecule has 2 atom stereocenters. The van der Waals surface area contributed by atoms with Gasteiger partial charge in [0.2, 0.25) is 0 Å². The maximum Gasteiger partial charge on any atom is 0.414 e. The molecule has 2 aliphatic rings. The lowest BCUT2D eigenvalue weighted by Gasteiger charge is -2.29. The summed E-state index contributed by atoms with van der Waals surface area (Å²) >= 11 is 0. The lowest BCUT2D eigenvalue weighted by atomic mass is 10.1. The van der Waals surface area contributed by atoms with E-state index in [4.69, 9.17) is 14.2 Å². The summed E-state index contributed by atoms with van der Waals surface area (Å²) in [5.74, 6) is 0.451. The third-order valence-electron chi connectivity index (χ3n) is 5.71. The smallest absolute Gasteiger partial charge is 0.414 e. The number of cyclic esters (lactones) is 1. The van der Waals surface area contributed by atoms with E-state index in [9.17, 15) is 9.18 Å². The Kier molecular flexibility index (Phi) is 6.58. The van der Waals surface area contributed by atoms with E-state index in [0.29, 0.717) is 50.8 Å². The highest BCUT2D eigenvalue weighted by Crippen LogP contribution is 2.28. The van der Waals surface area contributed by atoms with Gasteiger partial charge in [0.25, 0.3) is 0 Å². The van der Waals surface area contributed by atoms with Crippen LogP contribution in [0.25, 0.3) is 0 Å².